The largest absolute Gasteiger partial charge is 0.374 e. The van der Waals surface area contributed by atoms with Gasteiger partial charge < -0.3 is 15.4 Å². The quantitative estimate of drug-likeness (QED) is 0.822. The van der Waals surface area contributed by atoms with Crippen LogP contribution in [-0.4, -0.2) is 18.2 Å². The van der Waals surface area contributed by atoms with Gasteiger partial charge in [0.25, 0.3) is 0 Å². The summed E-state index contributed by atoms with van der Waals surface area (Å²) in [6.07, 6.45) is 0. The van der Waals surface area contributed by atoms with E-state index in [1.165, 1.54) is 0 Å². The minimum atomic E-state index is -0.435. The molecule has 0 radical (unpaired) electrons. The maximum atomic E-state index is 12.0. The molecule has 2 aromatic rings. The minimum Gasteiger partial charge on any atom is -0.374 e. The van der Waals surface area contributed by atoms with E-state index in [-0.39, 0.29) is 6.03 Å². The van der Waals surface area contributed by atoms with Gasteiger partial charge in [-0.1, -0.05) is 60.7 Å². The second kappa shape index (κ2) is 8.34. The van der Waals surface area contributed by atoms with E-state index < -0.39 is 5.54 Å². The molecule has 0 aliphatic rings. The number of urea groups is 1. The maximum Gasteiger partial charge on any atom is 0.315 e. The lowest BCUT2D eigenvalue weighted by molar-refractivity contribution is 0.0744. The Balaban J connectivity index is 1.70. The topological polar surface area (TPSA) is 50.4 Å². The molecule has 0 saturated heterocycles. The van der Waals surface area contributed by atoms with Crippen molar-refractivity contribution in [3.8, 4) is 0 Å². The van der Waals surface area contributed by atoms with E-state index in [1.807, 2.05) is 74.5 Å². The van der Waals surface area contributed by atoms with Gasteiger partial charge in [0, 0.05) is 6.54 Å². The number of carbonyl (C=O) groups excluding carboxylic acids is 1. The summed E-state index contributed by atoms with van der Waals surface area (Å²) >= 11 is 0. The Morgan fingerprint density at radius 3 is 2.13 bits per heavy atom. The zero-order chi connectivity index (χ0) is 16.5. The number of amides is 2. The third-order valence-corrected chi connectivity index (χ3v) is 3.32. The van der Waals surface area contributed by atoms with Crippen molar-refractivity contribution in [1.29, 1.82) is 0 Å². The average Bonchev–Trinajstić information content (AvgIpc) is 2.54. The van der Waals surface area contributed by atoms with Crippen molar-refractivity contribution in [3.63, 3.8) is 0 Å². The molecule has 122 valence electrons. The van der Waals surface area contributed by atoms with Gasteiger partial charge in [-0.3, -0.25) is 0 Å². The molecule has 0 saturated carbocycles. The molecule has 0 aromatic heterocycles. The van der Waals surface area contributed by atoms with E-state index >= 15 is 0 Å². The number of ether oxygens (including phenoxy) is 1. The highest BCUT2D eigenvalue weighted by atomic mass is 16.5. The number of carbonyl (C=O) groups is 1. The van der Waals surface area contributed by atoms with E-state index in [4.69, 9.17) is 4.74 Å². The summed E-state index contributed by atoms with van der Waals surface area (Å²) in [7, 11) is 0. The lowest BCUT2D eigenvalue weighted by Gasteiger charge is -2.26. The average molecular weight is 312 g/mol. The SMILES string of the molecule is CC(C)(COCc1ccccc1)NC(=O)NCc1ccccc1. The molecule has 0 aliphatic carbocycles. The van der Waals surface area contributed by atoms with Crippen LogP contribution in [0, 0.1) is 0 Å². The molecule has 23 heavy (non-hydrogen) atoms. The van der Waals surface area contributed by atoms with Crippen molar-refractivity contribution in [2.75, 3.05) is 6.61 Å². The van der Waals surface area contributed by atoms with Crippen LogP contribution in [-0.2, 0) is 17.9 Å². The molecule has 2 amide bonds. The third kappa shape index (κ3) is 6.53. The van der Waals surface area contributed by atoms with Gasteiger partial charge in [0.05, 0.1) is 18.8 Å². The van der Waals surface area contributed by atoms with Gasteiger partial charge in [-0.2, -0.15) is 0 Å². The van der Waals surface area contributed by atoms with Crippen LogP contribution in [0.1, 0.15) is 25.0 Å². The molecule has 2 aromatic carbocycles. The Kier molecular flexibility index (Phi) is 6.18. The van der Waals surface area contributed by atoms with E-state index in [1.54, 1.807) is 0 Å². The Bertz CT molecular complexity index is 597. The van der Waals surface area contributed by atoms with Crippen molar-refractivity contribution in [2.45, 2.75) is 32.5 Å². The number of rotatable bonds is 7. The zero-order valence-electron chi connectivity index (χ0n) is 13.7. The summed E-state index contributed by atoms with van der Waals surface area (Å²) in [4.78, 5) is 12.0. The number of hydrogen-bond acceptors (Lipinski definition) is 2. The first-order chi connectivity index (χ1) is 11.1. The second-order valence-corrected chi connectivity index (χ2v) is 6.16. The molecule has 0 spiro atoms. The number of nitrogens with one attached hydrogen (secondary N) is 2. The van der Waals surface area contributed by atoms with Crippen LogP contribution in [0.25, 0.3) is 0 Å². The molecule has 4 heteroatoms. The number of benzene rings is 2. The molecule has 2 rings (SSSR count). The first-order valence-corrected chi connectivity index (χ1v) is 7.77. The molecule has 0 unspecified atom stereocenters. The lowest BCUT2D eigenvalue weighted by atomic mass is 10.1. The molecule has 0 atom stereocenters. The van der Waals surface area contributed by atoms with Crippen LogP contribution in [0.5, 0.6) is 0 Å². The van der Waals surface area contributed by atoms with Crippen molar-refractivity contribution in [3.05, 3.63) is 71.8 Å². The van der Waals surface area contributed by atoms with Crippen molar-refractivity contribution >= 4 is 6.03 Å². The van der Waals surface area contributed by atoms with Crippen LogP contribution in [0.15, 0.2) is 60.7 Å². The zero-order valence-corrected chi connectivity index (χ0v) is 13.7. The highest BCUT2D eigenvalue weighted by Gasteiger charge is 2.20. The summed E-state index contributed by atoms with van der Waals surface area (Å²) in [5.74, 6) is 0. The fourth-order valence-electron chi connectivity index (χ4n) is 2.16. The summed E-state index contributed by atoms with van der Waals surface area (Å²) in [5, 5.41) is 5.80. The van der Waals surface area contributed by atoms with Crippen molar-refractivity contribution in [1.82, 2.24) is 10.6 Å². The summed E-state index contributed by atoms with van der Waals surface area (Å²) in [6, 6.07) is 19.6. The first kappa shape index (κ1) is 17.0. The molecule has 0 heterocycles. The third-order valence-electron chi connectivity index (χ3n) is 3.32. The Morgan fingerprint density at radius 1 is 0.957 bits per heavy atom. The minimum absolute atomic E-state index is 0.192. The Labute approximate surface area is 137 Å². The van der Waals surface area contributed by atoms with Gasteiger partial charge >= 0.3 is 6.03 Å². The van der Waals surface area contributed by atoms with Gasteiger partial charge in [-0.25, -0.2) is 4.79 Å². The van der Waals surface area contributed by atoms with E-state index in [9.17, 15) is 4.79 Å². The fourth-order valence-corrected chi connectivity index (χ4v) is 2.16. The van der Waals surface area contributed by atoms with Crippen LogP contribution in [0.4, 0.5) is 4.79 Å². The predicted molar refractivity (Wildman–Crippen MR) is 92.0 cm³/mol. The smallest absolute Gasteiger partial charge is 0.315 e. The highest BCUT2D eigenvalue weighted by Crippen LogP contribution is 2.07. The van der Waals surface area contributed by atoms with Crippen LogP contribution in [0.3, 0.4) is 0 Å². The molecule has 2 N–H and O–H groups in total. The van der Waals surface area contributed by atoms with Crippen LogP contribution < -0.4 is 10.6 Å². The standard InChI is InChI=1S/C19H24N2O2/c1-19(2,15-23-14-17-11-7-4-8-12-17)21-18(22)20-13-16-9-5-3-6-10-16/h3-12H,13-15H2,1-2H3,(H2,20,21,22). The first-order valence-electron chi connectivity index (χ1n) is 7.77. The maximum absolute atomic E-state index is 12.0. The monoisotopic (exact) mass is 312 g/mol. The normalized spacial score (nSPS) is 11.0. The van der Waals surface area contributed by atoms with Gasteiger partial charge in [-0.15, -0.1) is 0 Å². The molecule has 0 aliphatic heterocycles. The Morgan fingerprint density at radius 2 is 1.52 bits per heavy atom. The van der Waals surface area contributed by atoms with Crippen LogP contribution in [0.2, 0.25) is 0 Å². The van der Waals surface area contributed by atoms with Crippen LogP contribution >= 0.6 is 0 Å². The van der Waals surface area contributed by atoms with Gasteiger partial charge in [0.1, 0.15) is 0 Å². The summed E-state index contributed by atoms with van der Waals surface area (Å²) < 4.78 is 5.71. The van der Waals surface area contributed by atoms with E-state index in [0.717, 1.165) is 11.1 Å². The summed E-state index contributed by atoms with van der Waals surface area (Å²) in [5.41, 5.74) is 1.76. The number of hydrogen-bond donors (Lipinski definition) is 2. The molecule has 0 bridgehead atoms. The molecular weight excluding hydrogens is 288 g/mol. The van der Waals surface area contributed by atoms with Gasteiger partial charge in [-0.05, 0) is 25.0 Å². The fraction of sp³-hybridized carbons (Fsp3) is 0.316. The molecule has 0 fully saturated rings. The van der Waals surface area contributed by atoms with E-state index in [0.29, 0.717) is 19.8 Å². The summed E-state index contributed by atoms with van der Waals surface area (Å²) in [6.45, 7) is 5.38. The molecule has 4 nitrogen and oxygen atoms in total. The van der Waals surface area contributed by atoms with Gasteiger partial charge in [0.15, 0.2) is 0 Å². The predicted octanol–water partition coefficient (Wildman–Crippen LogP) is 3.48. The van der Waals surface area contributed by atoms with E-state index in [2.05, 4.69) is 10.6 Å². The highest BCUT2D eigenvalue weighted by molar-refractivity contribution is 5.74. The second-order valence-electron chi connectivity index (χ2n) is 6.16. The van der Waals surface area contributed by atoms with Crippen molar-refractivity contribution in [2.24, 2.45) is 0 Å². The van der Waals surface area contributed by atoms with Gasteiger partial charge in [0.2, 0.25) is 0 Å². The molecular formula is C19H24N2O2. The Hall–Kier alpha value is -2.33. The lowest BCUT2D eigenvalue weighted by Crippen LogP contribution is -2.50. The van der Waals surface area contributed by atoms with Crippen molar-refractivity contribution < 1.29 is 9.53 Å².